The molecule has 2 saturated heterocycles. The van der Waals surface area contributed by atoms with Crippen LogP contribution in [0.5, 0.6) is 0 Å². The van der Waals surface area contributed by atoms with Crippen LogP contribution in [0.4, 0.5) is 5.69 Å². The van der Waals surface area contributed by atoms with Gasteiger partial charge in [0.1, 0.15) is 5.69 Å². The van der Waals surface area contributed by atoms with Crippen LogP contribution >= 0.6 is 0 Å². The Morgan fingerprint density at radius 2 is 1.77 bits per heavy atom. The number of pyridine rings is 1. The number of piperidine rings is 1. The van der Waals surface area contributed by atoms with E-state index in [0.717, 1.165) is 50.9 Å². The van der Waals surface area contributed by atoms with Crippen LogP contribution in [-0.2, 0) is 0 Å². The van der Waals surface area contributed by atoms with Crippen LogP contribution in [-0.4, -0.2) is 67.0 Å². The molecule has 2 aliphatic rings. The zero-order valence-corrected chi connectivity index (χ0v) is 13.7. The molecule has 0 radical (unpaired) electrons. The van der Waals surface area contributed by atoms with Gasteiger partial charge >= 0.3 is 0 Å². The summed E-state index contributed by atoms with van der Waals surface area (Å²) in [6.45, 7) is 7.97. The van der Waals surface area contributed by atoms with Crippen molar-refractivity contribution >= 4 is 11.6 Å². The van der Waals surface area contributed by atoms with Gasteiger partial charge in [0.05, 0.1) is 11.9 Å². The first kappa shape index (κ1) is 15.3. The molecule has 3 rings (SSSR count). The second kappa shape index (κ2) is 6.65. The molecule has 0 saturated carbocycles. The Balaban J connectivity index is 1.62. The van der Waals surface area contributed by atoms with Crippen LogP contribution in [0.2, 0.25) is 0 Å². The van der Waals surface area contributed by atoms with Gasteiger partial charge in [-0.2, -0.15) is 0 Å². The van der Waals surface area contributed by atoms with Gasteiger partial charge in [-0.25, -0.2) is 4.98 Å². The molecule has 0 atom stereocenters. The maximum atomic E-state index is 12.5. The Morgan fingerprint density at radius 1 is 1.09 bits per heavy atom. The van der Waals surface area contributed by atoms with Crippen LogP contribution in [0, 0.1) is 5.92 Å². The van der Waals surface area contributed by atoms with Crippen molar-refractivity contribution in [1.29, 1.82) is 0 Å². The van der Waals surface area contributed by atoms with Crippen LogP contribution in [0.15, 0.2) is 18.3 Å². The van der Waals surface area contributed by atoms with Gasteiger partial charge in [-0.15, -0.1) is 0 Å². The Bertz CT molecular complexity index is 500. The van der Waals surface area contributed by atoms with Crippen molar-refractivity contribution in [1.82, 2.24) is 14.8 Å². The molecule has 1 aromatic heterocycles. The predicted octanol–water partition coefficient (Wildman–Crippen LogP) is 1.71. The van der Waals surface area contributed by atoms with Crippen molar-refractivity contribution in [3.63, 3.8) is 0 Å². The van der Waals surface area contributed by atoms with E-state index in [2.05, 4.69) is 28.8 Å². The number of rotatable bonds is 2. The van der Waals surface area contributed by atoms with E-state index in [4.69, 9.17) is 0 Å². The van der Waals surface area contributed by atoms with Gasteiger partial charge in [0.25, 0.3) is 5.91 Å². The van der Waals surface area contributed by atoms with E-state index in [9.17, 15) is 4.79 Å². The molecule has 2 fully saturated rings. The van der Waals surface area contributed by atoms with Crippen LogP contribution in [0.25, 0.3) is 0 Å². The molecule has 0 unspecified atom stereocenters. The molecular formula is C17H26N4O. The molecular weight excluding hydrogens is 276 g/mol. The van der Waals surface area contributed by atoms with Crippen LogP contribution in [0.1, 0.15) is 30.3 Å². The second-order valence-corrected chi connectivity index (χ2v) is 6.67. The third-order valence-corrected chi connectivity index (χ3v) is 4.91. The first-order valence-electron chi connectivity index (χ1n) is 8.32. The zero-order chi connectivity index (χ0) is 15.5. The third-order valence-electron chi connectivity index (χ3n) is 4.91. The smallest absolute Gasteiger partial charge is 0.272 e. The number of carbonyl (C=O) groups is 1. The number of amides is 1. The molecule has 5 heteroatoms. The van der Waals surface area contributed by atoms with Crippen molar-refractivity contribution in [2.24, 2.45) is 5.92 Å². The highest BCUT2D eigenvalue weighted by atomic mass is 16.2. The Morgan fingerprint density at radius 3 is 2.36 bits per heavy atom. The Hall–Kier alpha value is -1.62. The molecule has 1 amide bonds. The molecule has 0 N–H and O–H groups in total. The SMILES string of the molecule is CC1CCN(c2ccc(C(=O)N3CCN(C)CC3)nc2)CC1. The summed E-state index contributed by atoms with van der Waals surface area (Å²) in [5, 5.41) is 0. The van der Waals surface area contributed by atoms with Crippen molar-refractivity contribution in [3.05, 3.63) is 24.0 Å². The molecule has 0 aliphatic carbocycles. The van der Waals surface area contributed by atoms with Crippen molar-refractivity contribution in [3.8, 4) is 0 Å². The van der Waals surface area contributed by atoms with E-state index in [0.29, 0.717) is 5.69 Å². The van der Waals surface area contributed by atoms with E-state index < -0.39 is 0 Å². The van der Waals surface area contributed by atoms with Crippen LogP contribution < -0.4 is 4.90 Å². The number of anilines is 1. The van der Waals surface area contributed by atoms with E-state index in [1.807, 2.05) is 23.2 Å². The van der Waals surface area contributed by atoms with E-state index in [1.165, 1.54) is 12.8 Å². The maximum absolute atomic E-state index is 12.5. The quantitative estimate of drug-likeness (QED) is 0.834. The molecule has 22 heavy (non-hydrogen) atoms. The van der Waals surface area contributed by atoms with Crippen LogP contribution in [0.3, 0.4) is 0 Å². The predicted molar refractivity (Wildman–Crippen MR) is 88.2 cm³/mol. The number of carbonyl (C=O) groups excluding carboxylic acids is 1. The summed E-state index contributed by atoms with van der Waals surface area (Å²) in [4.78, 5) is 23.4. The number of nitrogens with zero attached hydrogens (tertiary/aromatic N) is 4. The summed E-state index contributed by atoms with van der Waals surface area (Å²) in [6.07, 6.45) is 4.34. The molecule has 0 spiro atoms. The first-order valence-corrected chi connectivity index (χ1v) is 8.32. The monoisotopic (exact) mass is 302 g/mol. The van der Waals surface area contributed by atoms with E-state index in [1.54, 1.807) is 0 Å². The fourth-order valence-electron chi connectivity index (χ4n) is 3.14. The number of hydrogen-bond donors (Lipinski definition) is 0. The van der Waals surface area contributed by atoms with Crippen molar-refractivity contribution in [2.45, 2.75) is 19.8 Å². The maximum Gasteiger partial charge on any atom is 0.272 e. The Labute approximate surface area is 132 Å². The lowest BCUT2D eigenvalue weighted by Gasteiger charge is -2.33. The average molecular weight is 302 g/mol. The summed E-state index contributed by atoms with van der Waals surface area (Å²) < 4.78 is 0. The highest BCUT2D eigenvalue weighted by Crippen LogP contribution is 2.22. The van der Waals surface area contributed by atoms with Gasteiger partial charge < -0.3 is 14.7 Å². The van der Waals surface area contributed by atoms with Gasteiger partial charge in [0.2, 0.25) is 0 Å². The fourth-order valence-corrected chi connectivity index (χ4v) is 3.14. The number of hydrogen-bond acceptors (Lipinski definition) is 4. The molecule has 2 aliphatic heterocycles. The summed E-state index contributed by atoms with van der Waals surface area (Å²) >= 11 is 0. The summed E-state index contributed by atoms with van der Waals surface area (Å²) in [6, 6.07) is 3.93. The summed E-state index contributed by atoms with van der Waals surface area (Å²) in [5.41, 5.74) is 1.71. The topological polar surface area (TPSA) is 39.7 Å². The molecule has 1 aromatic rings. The largest absolute Gasteiger partial charge is 0.370 e. The lowest BCUT2D eigenvalue weighted by Crippen LogP contribution is -2.47. The van der Waals surface area contributed by atoms with Gasteiger partial charge in [-0.3, -0.25) is 4.79 Å². The van der Waals surface area contributed by atoms with Gasteiger partial charge in [0.15, 0.2) is 0 Å². The molecule has 120 valence electrons. The lowest BCUT2D eigenvalue weighted by molar-refractivity contribution is 0.0658. The first-order chi connectivity index (χ1) is 10.6. The van der Waals surface area contributed by atoms with E-state index >= 15 is 0 Å². The van der Waals surface area contributed by atoms with Crippen molar-refractivity contribution < 1.29 is 4.79 Å². The third kappa shape index (κ3) is 3.40. The standard InChI is InChI=1S/C17H26N4O/c1-14-5-7-20(8-6-14)15-3-4-16(18-13-15)17(22)21-11-9-19(2)10-12-21/h3-4,13-14H,5-12H2,1-2H3. The van der Waals surface area contributed by atoms with Crippen molar-refractivity contribution in [2.75, 3.05) is 51.2 Å². The van der Waals surface area contributed by atoms with Gasteiger partial charge in [-0.05, 0) is 37.9 Å². The highest BCUT2D eigenvalue weighted by molar-refractivity contribution is 5.92. The average Bonchev–Trinajstić information content (AvgIpc) is 2.56. The number of likely N-dealkylation sites (N-methyl/N-ethyl adjacent to an activating group) is 1. The minimum absolute atomic E-state index is 0.0620. The molecule has 3 heterocycles. The lowest BCUT2D eigenvalue weighted by atomic mass is 9.99. The summed E-state index contributed by atoms with van der Waals surface area (Å²) in [7, 11) is 2.09. The fraction of sp³-hybridized carbons (Fsp3) is 0.647. The Kier molecular flexibility index (Phi) is 4.62. The molecule has 5 nitrogen and oxygen atoms in total. The van der Waals surface area contributed by atoms with E-state index in [-0.39, 0.29) is 5.91 Å². The molecule has 0 bridgehead atoms. The number of piperazine rings is 1. The van der Waals surface area contributed by atoms with Gasteiger partial charge in [-0.1, -0.05) is 6.92 Å². The second-order valence-electron chi connectivity index (χ2n) is 6.67. The normalized spacial score (nSPS) is 21.2. The summed E-state index contributed by atoms with van der Waals surface area (Å²) in [5.74, 6) is 0.884. The molecule has 0 aromatic carbocycles. The number of aromatic nitrogens is 1. The van der Waals surface area contributed by atoms with Gasteiger partial charge in [0, 0.05) is 39.3 Å². The minimum Gasteiger partial charge on any atom is -0.370 e. The highest BCUT2D eigenvalue weighted by Gasteiger charge is 2.22. The zero-order valence-electron chi connectivity index (χ0n) is 13.7. The minimum atomic E-state index is 0.0620.